The van der Waals surface area contributed by atoms with Crippen LogP contribution in [-0.2, 0) is 20.7 Å². The molecular formula is C20H28N2O3. The number of rotatable bonds is 7. The molecule has 0 bridgehead atoms. The van der Waals surface area contributed by atoms with Crippen molar-refractivity contribution in [2.24, 2.45) is 11.3 Å². The smallest absolute Gasteiger partial charge is 0.224 e. The van der Waals surface area contributed by atoms with Crippen LogP contribution < -0.4 is 5.32 Å². The number of hydrogen-bond donors (Lipinski definition) is 1. The number of hydrogen-bond acceptors (Lipinski definition) is 3. The fraction of sp³-hybridized carbons (Fsp3) is 0.600. The van der Waals surface area contributed by atoms with Crippen LogP contribution >= 0.6 is 0 Å². The van der Waals surface area contributed by atoms with Crippen molar-refractivity contribution in [3.8, 4) is 0 Å². The maximum atomic E-state index is 12.4. The Morgan fingerprint density at radius 3 is 2.76 bits per heavy atom. The summed E-state index contributed by atoms with van der Waals surface area (Å²) >= 11 is 0. The summed E-state index contributed by atoms with van der Waals surface area (Å²) in [4.78, 5) is 26.5. The first kappa shape index (κ1) is 17.9. The van der Waals surface area contributed by atoms with Crippen molar-refractivity contribution >= 4 is 11.8 Å². The molecule has 5 heteroatoms. The molecule has 0 saturated carbocycles. The molecule has 136 valence electrons. The maximum absolute atomic E-state index is 12.4. The highest BCUT2D eigenvalue weighted by Crippen LogP contribution is 2.26. The highest BCUT2D eigenvalue weighted by atomic mass is 16.5. The number of likely N-dealkylation sites (tertiary alicyclic amines) is 1. The Balaban J connectivity index is 1.44. The third-order valence-electron chi connectivity index (χ3n) is 5.20. The minimum atomic E-state index is -0.0842. The molecule has 2 fully saturated rings. The predicted molar refractivity (Wildman–Crippen MR) is 96.0 cm³/mol. The normalized spacial score (nSPS) is 22.4. The number of piperidine rings is 1. The van der Waals surface area contributed by atoms with Gasteiger partial charge in [-0.15, -0.1) is 0 Å². The Morgan fingerprint density at radius 1 is 1.32 bits per heavy atom. The molecule has 2 aliphatic heterocycles. The van der Waals surface area contributed by atoms with E-state index in [9.17, 15) is 9.59 Å². The van der Waals surface area contributed by atoms with Crippen molar-refractivity contribution in [2.75, 3.05) is 32.8 Å². The van der Waals surface area contributed by atoms with E-state index in [2.05, 4.69) is 24.4 Å². The molecule has 1 N–H and O–H groups in total. The van der Waals surface area contributed by atoms with Crippen molar-refractivity contribution in [3.05, 3.63) is 35.9 Å². The van der Waals surface area contributed by atoms with Crippen molar-refractivity contribution in [3.63, 3.8) is 0 Å². The van der Waals surface area contributed by atoms with Crippen molar-refractivity contribution in [2.45, 2.75) is 32.6 Å². The number of ether oxygens (including phenoxy) is 1. The average Bonchev–Trinajstić information content (AvgIpc) is 2.60. The van der Waals surface area contributed by atoms with E-state index in [1.165, 1.54) is 5.56 Å². The number of aryl methyl sites for hydroxylation is 1. The molecule has 1 atom stereocenters. The quantitative estimate of drug-likeness (QED) is 0.823. The van der Waals surface area contributed by atoms with Gasteiger partial charge in [-0.05, 0) is 24.8 Å². The number of nitrogens with zero attached hydrogens (tertiary/aromatic N) is 1. The zero-order valence-electron chi connectivity index (χ0n) is 15.0. The zero-order chi connectivity index (χ0) is 17.7. The molecule has 1 aromatic rings. The molecule has 2 aliphatic rings. The van der Waals surface area contributed by atoms with Gasteiger partial charge in [-0.2, -0.15) is 0 Å². The molecule has 3 rings (SSSR count). The van der Waals surface area contributed by atoms with Gasteiger partial charge in [-0.1, -0.05) is 37.3 Å². The van der Waals surface area contributed by atoms with Gasteiger partial charge in [-0.3, -0.25) is 9.59 Å². The van der Waals surface area contributed by atoms with E-state index in [4.69, 9.17) is 4.74 Å². The number of nitrogens with one attached hydrogen (secondary N) is 1. The van der Waals surface area contributed by atoms with Gasteiger partial charge >= 0.3 is 0 Å². The Bertz CT molecular complexity index is 598. The topological polar surface area (TPSA) is 58.6 Å². The zero-order valence-corrected chi connectivity index (χ0v) is 15.0. The van der Waals surface area contributed by atoms with Crippen LogP contribution in [0, 0.1) is 11.3 Å². The van der Waals surface area contributed by atoms with Gasteiger partial charge in [0.15, 0.2) is 0 Å². The van der Waals surface area contributed by atoms with Crippen molar-refractivity contribution in [1.82, 2.24) is 10.2 Å². The third-order valence-corrected chi connectivity index (χ3v) is 5.20. The van der Waals surface area contributed by atoms with E-state index in [0.29, 0.717) is 39.1 Å². The molecule has 25 heavy (non-hydrogen) atoms. The third kappa shape index (κ3) is 4.82. The van der Waals surface area contributed by atoms with E-state index < -0.39 is 0 Å². The largest absolute Gasteiger partial charge is 0.380 e. The predicted octanol–water partition coefficient (Wildman–Crippen LogP) is 2.01. The molecule has 1 unspecified atom stereocenters. The standard InChI is InChI=1S/C20H28N2O3/c1-20(14-25-15-20)13-21-19(24)17-9-10-18(23)22(12-17)11-5-8-16-6-3-2-4-7-16/h2-4,6-7,17H,5,8-15H2,1H3,(H,21,24). The van der Waals surface area contributed by atoms with Crippen LogP contribution in [0.4, 0.5) is 0 Å². The van der Waals surface area contributed by atoms with Crippen LogP contribution in [0.5, 0.6) is 0 Å². The molecule has 0 aliphatic carbocycles. The highest BCUT2D eigenvalue weighted by molar-refractivity contribution is 5.83. The second-order valence-electron chi connectivity index (χ2n) is 7.69. The van der Waals surface area contributed by atoms with E-state index in [-0.39, 0.29) is 23.1 Å². The molecule has 2 amide bonds. The van der Waals surface area contributed by atoms with Crippen molar-refractivity contribution < 1.29 is 14.3 Å². The SMILES string of the molecule is CC1(CNC(=O)C2CCC(=O)N(CCCc3ccccc3)C2)COC1. The lowest BCUT2D eigenvalue weighted by Crippen LogP contribution is -2.51. The molecule has 1 aromatic carbocycles. The second kappa shape index (κ2) is 8.00. The molecular weight excluding hydrogens is 316 g/mol. The first-order valence-corrected chi connectivity index (χ1v) is 9.23. The lowest BCUT2D eigenvalue weighted by molar-refractivity contribution is -0.139. The summed E-state index contributed by atoms with van der Waals surface area (Å²) in [6.45, 7) is 5.47. The first-order chi connectivity index (χ1) is 12.1. The van der Waals surface area contributed by atoms with Gasteiger partial charge in [0, 0.05) is 31.5 Å². The summed E-state index contributed by atoms with van der Waals surface area (Å²) in [5, 5.41) is 3.06. The summed E-state index contributed by atoms with van der Waals surface area (Å²) < 4.78 is 5.22. The average molecular weight is 344 g/mol. The maximum Gasteiger partial charge on any atom is 0.224 e. The van der Waals surface area contributed by atoms with Gasteiger partial charge in [0.25, 0.3) is 0 Å². The number of benzene rings is 1. The van der Waals surface area contributed by atoms with Gasteiger partial charge in [-0.25, -0.2) is 0 Å². The number of carbonyl (C=O) groups excluding carboxylic acids is 2. The molecule has 0 aromatic heterocycles. The van der Waals surface area contributed by atoms with E-state index in [1.54, 1.807) is 0 Å². The Labute approximate surface area is 149 Å². The summed E-state index contributed by atoms with van der Waals surface area (Å²) in [6.07, 6.45) is 3.02. The molecule has 5 nitrogen and oxygen atoms in total. The Hall–Kier alpha value is -1.88. The summed E-state index contributed by atoms with van der Waals surface area (Å²) in [6, 6.07) is 10.3. The Morgan fingerprint density at radius 2 is 2.08 bits per heavy atom. The minimum Gasteiger partial charge on any atom is -0.380 e. The van der Waals surface area contributed by atoms with Gasteiger partial charge in [0.2, 0.25) is 11.8 Å². The fourth-order valence-electron chi connectivity index (χ4n) is 3.46. The molecule has 2 heterocycles. The molecule has 0 radical (unpaired) electrons. The molecule has 2 saturated heterocycles. The monoisotopic (exact) mass is 344 g/mol. The summed E-state index contributed by atoms with van der Waals surface area (Å²) in [7, 11) is 0. The van der Waals surface area contributed by atoms with Crippen LogP contribution in [0.25, 0.3) is 0 Å². The van der Waals surface area contributed by atoms with Crippen LogP contribution in [0.2, 0.25) is 0 Å². The second-order valence-corrected chi connectivity index (χ2v) is 7.69. The van der Waals surface area contributed by atoms with Crippen molar-refractivity contribution in [1.29, 1.82) is 0 Å². The van der Waals surface area contributed by atoms with Crippen LogP contribution in [0.3, 0.4) is 0 Å². The van der Waals surface area contributed by atoms with Gasteiger partial charge in [0.05, 0.1) is 19.1 Å². The highest BCUT2D eigenvalue weighted by Gasteiger charge is 2.35. The van der Waals surface area contributed by atoms with Crippen LogP contribution in [-0.4, -0.2) is 49.6 Å². The summed E-state index contributed by atoms with van der Waals surface area (Å²) in [5.74, 6) is 0.171. The minimum absolute atomic E-state index is 0.0775. The number of carbonyl (C=O) groups is 2. The van der Waals surface area contributed by atoms with E-state index >= 15 is 0 Å². The Kier molecular flexibility index (Phi) is 5.74. The van der Waals surface area contributed by atoms with E-state index in [1.807, 2.05) is 23.1 Å². The fourth-order valence-corrected chi connectivity index (χ4v) is 3.46. The van der Waals surface area contributed by atoms with Gasteiger partial charge in [0.1, 0.15) is 0 Å². The molecule has 0 spiro atoms. The first-order valence-electron chi connectivity index (χ1n) is 9.23. The lowest BCUT2D eigenvalue weighted by atomic mass is 9.88. The van der Waals surface area contributed by atoms with Crippen LogP contribution in [0.15, 0.2) is 30.3 Å². The lowest BCUT2D eigenvalue weighted by Gasteiger charge is -2.39. The van der Waals surface area contributed by atoms with Crippen LogP contribution in [0.1, 0.15) is 31.7 Å². The summed E-state index contributed by atoms with van der Waals surface area (Å²) in [5.41, 5.74) is 1.37. The van der Waals surface area contributed by atoms with Gasteiger partial charge < -0.3 is 15.0 Å². The van der Waals surface area contributed by atoms with E-state index in [0.717, 1.165) is 19.4 Å². The number of amides is 2.